The smallest absolute Gasteiger partial charge is 0.119 e. The van der Waals surface area contributed by atoms with E-state index in [0.717, 1.165) is 12.3 Å². The lowest BCUT2D eigenvalue weighted by Gasteiger charge is -2.31. The summed E-state index contributed by atoms with van der Waals surface area (Å²) in [7, 11) is 0. The zero-order valence-corrected chi connectivity index (χ0v) is 13.8. The maximum atomic E-state index is 6.10. The van der Waals surface area contributed by atoms with E-state index in [9.17, 15) is 0 Å². The number of benzene rings is 1. The van der Waals surface area contributed by atoms with Gasteiger partial charge in [0.2, 0.25) is 0 Å². The Balaban J connectivity index is 2.15. The number of rotatable bonds is 7. The standard InChI is InChI=1S/C18H30N2O/c1-4-18(5-2)10-11-20(14-18)17(13-19)15-8-7-9-16(12-15)21-6-3/h7-9,12,17H,4-6,10-11,13-14,19H2,1-3H3. The third kappa shape index (κ3) is 3.58. The molecule has 1 saturated heterocycles. The van der Waals surface area contributed by atoms with Crippen LogP contribution in [0.1, 0.15) is 51.6 Å². The second-order valence-electron chi connectivity index (χ2n) is 6.18. The highest BCUT2D eigenvalue weighted by atomic mass is 16.5. The van der Waals surface area contributed by atoms with E-state index in [0.29, 0.717) is 24.6 Å². The second kappa shape index (κ2) is 7.28. The van der Waals surface area contributed by atoms with Crippen molar-refractivity contribution >= 4 is 0 Å². The summed E-state index contributed by atoms with van der Waals surface area (Å²) in [6.45, 7) is 10.3. The van der Waals surface area contributed by atoms with Crippen molar-refractivity contribution in [3.05, 3.63) is 29.8 Å². The van der Waals surface area contributed by atoms with Gasteiger partial charge in [0.05, 0.1) is 6.61 Å². The molecule has 0 spiro atoms. The quantitative estimate of drug-likeness (QED) is 0.834. The van der Waals surface area contributed by atoms with Crippen LogP contribution in [0.4, 0.5) is 0 Å². The topological polar surface area (TPSA) is 38.5 Å². The monoisotopic (exact) mass is 290 g/mol. The molecular weight excluding hydrogens is 260 g/mol. The molecular formula is C18H30N2O. The molecule has 0 aliphatic carbocycles. The number of nitrogens with zero attached hydrogens (tertiary/aromatic N) is 1. The van der Waals surface area contributed by atoms with Gasteiger partial charge in [-0.3, -0.25) is 4.90 Å². The van der Waals surface area contributed by atoms with Gasteiger partial charge in [-0.15, -0.1) is 0 Å². The van der Waals surface area contributed by atoms with Crippen molar-refractivity contribution < 1.29 is 4.74 Å². The highest BCUT2D eigenvalue weighted by Gasteiger charge is 2.37. The number of hydrogen-bond acceptors (Lipinski definition) is 3. The van der Waals surface area contributed by atoms with E-state index in [1.54, 1.807) is 0 Å². The molecule has 1 aromatic carbocycles. The summed E-state index contributed by atoms with van der Waals surface area (Å²) >= 11 is 0. The summed E-state index contributed by atoms with van der Waals surface area (Å²) in [5.41, 5.74) is 7.87. The molecule has 0 saturated carbocycles. The zero-order chi connectivity index (χ0) is 15.3. The lowest BCUT2D eigenvalue weighted by atomic mass is 9.82. The normalized spacial score (nSPS) is 19.6. The van der Waals surface area contributed by atoms with E-state index in [-0.39, 0.29) is 0 Å². The molecule has 1 atom stereocenters. The van der Waals surface area contributed by atoms with E-state index in [1.807, 2.05) is 13.0 Å². The minimum absolute atomic E-state index is 0.311. The van der Waals surface area contributed by atoms with E-state index in [1.165, 1.54) is 31.4 Å². The second-order valence-corrected chi connectivity index (χ2v) is 6.18. The van der Waals surface area contributed by atoms with Crippen LogP contribution in [-0.4, -0.2) is 31.1 Å². The number of hydrogen-bond donors (Lipinski definition) is 1. The Morgan fingerprint density at radius 1 is 1.29 bits per heavy atom. The molecule has 0 aromatic heterocycles. The minimum atomic E-state index is 0.311. The van der Waals surface area contributed by atoms with Crippen molar-refractivity contribution in [1.29, 1.82) is 0 Å². The van der Waals surface area contributed by atoms with Gasteiger partial charge in [-0.25, -0.2) is 0 Å². The Bertz CT molecular complexity index is 443. The fraction of sp³-hybridized carbons (Fsp3) is 0.667. The first kappa shape index (κ1) is 16.3. The van der Waals surface area contributed by atoms with Crippen LogP contribution in [0.3, 0.4) is 0 Å². The van der Waals surface area contributed by atoms with Crippen molar-refractivity contribution in [3.8, 4) is 5.75 Å². The molecule has 3 heteroatoms. The van der Waals surface area contributed by atoms with Crippen molar-refractivity contribution in [1.82, 2.24) is 4.90 Å². The Kier molecular flexibility index (Phi) is 5.65. The predicted octanol–water partition coefficient (Wildman–Crippen LogP) is 3.60. The summed E-state index contributed by atoms with van der Waals surface area (Å²) in [4.78, 5) is 2.57. The molecule has 0 radical (unpaired) electrons. The van der Waals surface area contributed by atoms with E-state index < -0.39 is 0 Å². The summed E-state index contributed by atoms with van der Waals surface area (Å²) in [6, 6.07) is 8.74. The van der Waals surface area contributed by atoms with Crippen LogP contribution >= 0.6 is 0 Å². The molecule has 0 bridgehead atoms. The number of nitrogens with two attached hydrogens (primary N) is 1. The molecule has 1 heterocycles. The first-order valence-corrected chi connectivity index (χ1v) is 8.35. The zero-order valence-electron chi connectivity index (χ0n) is 13.8. The van der Waals surface area contributed by atoms with Crippen LogP contribution in [0.5, 0.6) is 5.75 Å². The van der Waals surface area contributed by atoms with E-state index in [4.69, 9.17) is 10.5 Å². The van der Waals surface area contributed by atoms with Crippen LogP contribution < -0.4 is 10.5 Å². The molecule has 2 rings (SSSR count). The van der Waals surface area contributed by atoms with E-state index >= 15 is 0 Å². The van der Waals surface area contributed by atoms with Crippen molar-refractivity contribution in [2.75, 3.05) is 26.2 Å². The van der Waals surface area contributed by atoms with Crippen LogP contribution in [0.2, 0.25) is 0 Å². The Hall–Kier alpha value is -1.06. The molecule has 3 nitrogen and oxygen atoms in total. The lowest BCUT2D eigenvalue weighted by Crippen LogP contribution is -2.34. The molecule has 1 aromatic rings. The van der Waals surface area contributed by atoms with Gasteiger partial charge in [0.1, 0.15) is 5.75 Å². The summed E-state index contributed by atoms with van der Waals surface area (Å²) in [5, 5.41) is 0. The first-order valence-electron chi connectivity index (χ1n) is 8.35. The molecule has 1 fully saturated rings. The molecule has 0 amide bonds. The minimum Gasteiger partial charge on any atom is -0.494 e. The lowest BCUT2D eigenvalue weighted by molar-refractivity contribution is 0.197. The van der Waals surface area contributed by atoms with E-state index in [2.05, 4.69) is 36.9 Å². The van der Waals surface area contributed by atoms with Gasteiger partial charge in [-0.05, 0) is 55.8 Å². The molecule has 1 unspecified atom stereocenters. The number of likely N-dealkylation sites (tertiary alicyclic amines) is 1. The van der Waals surface area contributed by atoms with Gasteiger partial charge in [-0.1, -0.05) is 26.0 Å². The average molecular weight is 290 g/mol. The van der Waals surface area contributed by atoms with Gasteiger partial charge < -0.3 is 10.5 Å². The van der Waals surface area contributed by atoms with Crippen LogP contribution in [0.15, 0.2) is 24.3 Å². The Labute approximate surface area is 129 Å². The fourth-order valence-electron chi connectivity index (χ4n) is 3.54. The van der Waals surface area contributed by atoms with Crippen LogP contribution in [-0.2, 0) is 0 Å². The third-order valence-electron chi connectivity index (χ3n) is 5.19. The summed E-state index contributed by atoms with van der Waals surface area (Å²) in [6.07, 6.45) is 3.81. The highest BCUT2D eigenvalue weighted by molar-refractivity contribution is 5.31. The maximum Gasteiger partial charge on any atom is 0.119 e. The number of ether oxygens (including phenoxy) is 1. The average Bonchev–Trinajstić information content (AvgIpc) is 2.94. The van der Waals surface area contributed by atoms with Gasteiger partial charge in [0.15, 0.2) is 0 Å². The Morgan fingerprint density at radius 3 is 2.62 bits per heavy atom. The molecule has 118 valence electrons. The summed E-state index contributed by atoms with van der Waals surface area (Å²) < 4.78 is 5.63. The Morgan fingerprint density at radius 2 is 2.05 bits per heavy atom. The van der Waals surface area contributed by atoms with Crippen molar-refractivity contribution in [2.24, 2.45) is 11.1 Å². The van der Waals surface area contributed by atoms with Gasteiger partial charge in [-0.2, -0.15) is 0 Å². The molecule has 2 N–H and O–H groups in total. The SMILES string of the molecule is CCOc1cccc(C(CN)N2CCC(CC)(CC)C2)c1. The van der Waals surface area contributed by atoms with Crippen LogP contribution in [0.25, 0.3) is 0 Å². The van der Waals surface area contributed by atoms with Crippen molar-refractivity contribution in [2.45, 2.75) is 46.1 Å². The first-order chi connectivity index (χ1) is 10.2. The van der Waals surface area contributed by atoms with Gasteiger partial charge in [0, 0.05) is 19.1 Å². The largest absolute Gasteiger partial charge is 0.494 e. The molecule has 1 aliphatic heterocycles. The fourth-order valence-corrected chi connectivity index (χ4v) is 3.54. The van der Waals surface area contributed by atoms with Gasteiger partial charge in [0.25, 0.3) is 0 Å². The third-order valence-corrected chi connectivity index (χ3v) is 5.19. The summed E-state index contributed by atoms with van der Waals surface area (Å²) in [5.74, 6) is 0.949. The predicted molar refractivity (Wildman–Crippen MR) is 88.6 cm³/mol. The van der Waals surface area contributed by atoms with Gasteiger partial charge >= 0.3 is 0 Å². The van der Waals surface area contributed by atoms with Crippen LogP contribution in [0, 0.1) is 5.41 Å². The van der Waals surface area contributed by atoms with Crippen molar-refractivity contribution in [3.63, 3.8) is 0 Å². The molecule has 1 aliphatic rings. The molecule has 21 heavy (non-hydrogen) atoms. The maximum absolute atomic E-state index is 6.10. The highest BCUT2D eigenvalue weighted by Crippen LogP contribution is 2.40.